The molecule has 10 heteroatoms. The standard InChI is InChI=1S/C13H13F6NO3/c1-6-3-8(4-7(2)10(6)23-5-9(20)21)11(14,15)12(16,22)13(17,18)19/h3-4,22H,5H2,1-2H3,(H2,20,21). The van der Waals surface area contributed by atoms with Crippen molar-refractivity contribution in [1.82, 2.24) is 0 Å². The Hall–Kier alpha value is -1.97. The lowest BCUT2D eigenvalue weighted by Gasteiger charge is -2.31. The average molecular weight is 345 g/mol. The number of alkyl halides is 6. The van der Waals surface area contributed by atoms with Crippen LogP contribution in [0.4, 0.5) is 26.3 Å². The van der Waals surface area contributed by atoms with E-state index in [4.69, 9.17) is 15.6 Å². The normalized spacial score (nSPS) is 15.2. The maximum absolute atomic E-state index is 13.8. The molecule has 0 heterocycles. The molecule has 1 aromatic carbocycles. The molecule has 4 nitrogen and oxygen atoms in total. The van der Waals surface area contributed by atoms with Gasteiger partial charge in [0.2, 0.25) is 0 Å². The zero-order valence-electron chi connectivity index (χ0n) is 12.0. The van der Waals surface area contributed by atoms with Crippen LogP contribution in [-0.2, 0) is 10.7 Å². The minimum Gasteiger partial charge on any atom is -0.483 e. The molecule has 1 aromatic rings. The molecule has 0 aromatic heterocycles. The number of hydrogen-bond donors (Lipinski definition) is 2. The monoisotopic (exact) mass is 345 g/mol. The smallest absolute Gasteiger partial charge is 0.455 e. The molecule has 23 heavy (non-hydrogen) atoms. The summed E-state index contributed by atoms with van der Waals surface area (Å²) in [4.78, 5) is 10.6. The van der Waals surface area contributed by atoms with E-state index in [1.54, 1.807) is 0 Å². The van der Waals surface area contributed by atoms with Crippen LogP contribution in [-0.4, -0.2) is 29.7 Å². The van der Waals surface area contributed by atoms with E-state index in [1.165, 1.54) is 13.8 Å². The van der Waals surface area contributed by atoms with Gasteiger partial charge in [0.1, 0.15) is 5.75 Å². The van der Waals surface area contributed by atoms with E-state index in [0.29, 0.717) is 12.1 Å². The Bertz CT molecular complexity index is 589. The molecule has 0 bridgehead atoms. The summed E-state index contributed by atoms with van der Waals surface area (Å²) in [6.45, 7) is 1.83. The van der Waals surface area contributed by atoms with Crippen LogP contribution in [0.15, 0.2) is 12.1 Å². The number of rotatable bonds is 5. The van der Waals surface area contributed by atoms with Crippen LogP contribution >= 0.6 is 0 Å². The average Bonchev–Trinajstić information content (AvgIpc) is 2.35. The number of hydrogen-bond acceptors (Lipinski definition) is 3. The quantitative estimate of drug-likeness (QED) is 0.806. The van der Waals surface area contributed by atoms with E-state index >= 15 is 0 Å². The first-order valence-corrected chi connectivity index (χ1v) is 6.10. The minimum absolute atomic E-state index is 0.0576. The second kappa shape index (κ2) is 5.91. The van der Waals surface area contributed by atoms with Gasteiger partial charge in [-0.2, -0.15) is 26.3 Å². The van der Waals surface area contributed by atoms with E-state index in [9.17, 15) is 31.1 Å². The fourth-order valence-electron chi connectivity index (χ4n) is 1.87. The summed E-state index contributed by atoms with van der Waals surface area (Å²) >= 11 is 0. The lowest BCUT2D eigenvalue weighted by atomic mass is 9.96. The van der Waals surface area contributed by atoms with Crippen LogP contribution in [0.1, 0.15) is 16.7 Å². The molecular weight excluding hydrogens is 332 g/mol. The Balaban J connectivity index is 3.32. The van der Waals surface area contributed by atoms with Crippen LogP contribution in [0, 0.1) is 13.8 Å². The molecule has 0 saturated carbocycles. The van der Waals surface area contributed by atoms with Crippen LogP contribution in [0.5, 0.6) is 5.75 Å². The number of aliphatic hydroxyl groups is 1. The predicted molar refractivity (Wildman–Crippen MR) is 66.6 cm³/mol. The maximum atomic E-state index is 13.8. The molecule has 0 saturated heterocycles. The number of primary amides is 1. The highest BCUT2D eigenvalue weighted by atomic mass is 19.4. The predicted octanol–water partition coefficient (Wildman–Crippen LogP) is 2.48. The lowest BCUT2D eigenvalue weighted by Crippen LogP contribution is -2.53. The summed E-state index contributed by atoms with van der Waals surface area (Å²) in [6, 6.07) is 1.05. The van der Waals surface area contributed by atoms with Gasteiger partial charge in [0.05, 0.1) is 0 Å². The van der Waals surface area contributed by atoms with Gasteiger partial charge in [-0.25, -0.2) is 0 Å². The summed E-state index contributed by atoms with van der Waals surface area (Å²) in [6.07, 6.45) is -6.19. The van der Waals surface area contributed by atoms with Crippen LogP contribution in [0.2, 0.25) is 0 Å². The number of carbonyl (C=O) groups is 1. The van der Waals surface area contributed by atoms with E-state index in [0.717, 1.165) is 0 Å². The highest BCUT2D eigenvalue weighted by molar-refractivity contribution is 5.75. The van der Waals surface area contributed by atoms with Gasteiger partial charge in [0.15, 0.2) is 6.61 Å². The fraction of sp³-hybridized carbons (Fsp3) is 0.462. The lowest BCUT2D eigenvalue weighted by molar-refractivity contribution is -0.390. The van der Waals surface area contributed by atoms with Gasteiger partial charge in [-0.1, -0.05) is 0 Å². The Morgan fingerprint density at radius 1 is 1.13 bits per heavy atom. The summed E-state index contributed by atoms with van der Waals surface area (Å²) < 4.78 is 82.7. The first-order valence-electron chi connectivity index (χ1n) is 6.10. The van der Waals surface area contributed by atoms with Crippen molar-refractivity contribution in [3.8, 4) is 5.75 Å². The zero-order valence-corrected chi connectivity index (χ0v) is 12.0. The number of ether oxygens (including phenoxy) is 1. The Morgan fingerprint density at radius 3 is 1.91 bits per heavy atom. The minimum atomic E-state index is -6.19. The number of benzene rings is 1. The van der Waals surface area contributed by atoms with Crippen molar-refractivity contribution in [3.63, 3.8) is 0 Å². The van der Waals surface area contributed by atoms with Crippen LogP contribution in [0.25, 0.3) is 0 Å². The van der Waals surface area contributed by atoms with Crippen molar-refractivity contribution in [2.45, 2.75) is 31.8 Å². The van der Waals surface area contributed by atoms with E-state index in [-0.39, 0.29) is 16.9 Å². The second-order valence-electron chi connectivity index (χ2n) is 4.89. The summed E-state index contributed by atoms with van der Waals surface area (Å²) in [5.74, 6) is -11.9. The van der Waals surface area contributed by atoms with E-state index in [1.807, 2.05) is 0 Å². The highest BCUT2D eigenvalue weighted by Crippen LogP contribution is 2.49. The molecule has 0 aliphatic rings. The fourth-order valence-corrected chi connectivity index (χ4v) is 1.87. The molecule has 0 spiro atoms. The van der Waals surface area contributed by atoms with Crippen LogP contribution < -0.4 is 10.5 Å². The second-order valence-corrected chi connectivity index (χ2v) is 4.89. The molecule has 1 atom stereocenters. The summed E-state index contributed by atoms with van der Waals surface area (Å²) in [5, 5.41) is 8.63. The van der Waals surface area contributed by atoms with Gasteiger partial charge < -0.3 is 15.6 Å². The molecule has 130 valence electrons. The maximum Gasteiger partial charge on any atom is 0.455 e. The molecular formula is C13H13F6NO3. The molecule has 1 amide bonds. The number of aryl methyl sites for hydroxylation is 2. The molecule has 0 aliphatic carbocycles. The van der Waals surface area contributed by atoms with Gasteiger partial charge >= 0.3 is 18.0 Å². The van der Waals surface area contributed by atoms with Gasteiger partial charge in [0.25, 0.3) is 5.91 Å². The first kappa shape index (κ1) is 19.1. The van der Waals surface area contributed by atoms with Crippen molar-refractivity contribution >= 4 is 5.91 Å². The third-order valence-electron chi connectivity index (χ3n) is 2.97. The molecule has 0 aliphatic heterocycles. The number of halogens is 6. The molecule has 0 radical (unpaired) electrons. The largest absolute Gasteiger partial charge is 0.483 e. The van der Waals surface area contributed by atoms with Gasteiger partial charge in [0, 0.05) is 5.56 Å². The third-order valence-corrected chi connectivity index (χ3v) is 2.97. The highest BCUT2D eigenvalue weighted by Gasteiger charge is 2.71. The van der Waals surface area contributed by atoms with Gasteiger partial charge in [-0.05, 0) is 37.1 Å². The first-order chi connectivity index (χ1) is 10.2. The van der Waals surface area contributed by atoms with Crippen LogP contribution in [0.3, 0.4) is 0 Å². The summed E-state index contributed by atoms with van der Waals surface area (Å²) in [5.41, 5.74) is 3.30. The Morgan fingerprint density at radius 2 is 1.57 bits per heavy atom. The molecule has 1 unspecified atom stereocenters. The SMILES string of the molecule is Cc1cc(C(F)(F)C(O)(F)C(F)(F)F)cc(C)c1OCC(N)=O. The van der Waals surface area contributed by atoms with Crippen molar-refractivity contribution in [1.29, 1.82) is 0 Å². The number of nitrogens with two attached hydrogens (primary N) is 1. The molecule has 3 N–H and O–H groups in total. The third kappa shape index (κ3) is 3.52. The van der Waals surface area contributed by atoms with Crippen molar-refractivity contribution in [2.75, 3.05) is 6.61 Å². The number of carbonyl (C=O) groups excluding carboxylic acids is 1. The summed E-state index contributed by atoms with van der Waals surface area (Å²) in [7, 11) is 0. The van der Waals surface area contributed by atoms with E-state index < -0.39 is 36.0 Å². The topological polar surface area (TPSA) is 72.6 Å². The van der Waals surface area contributed by atoms with Gasteiger partial charge in [-0.3, -0.25) is 4.79 Å². The van der Waals surface area contributed by atoms with E-state index in [2.05, 4.69) is 0 Å². The molecule has 1 rings (SSSR count). The van der Waals surface area contributed by atoms with Gasteiger partial charge in [-0.15, -0.1) is 0 Å². The molecule has 0 fully saturated rings. The Kier molecular flexibility index (Phi) is 4.90. The number of amides is 1. The van der Waals surface area contributed by atoms with Crippen molar-refractivity contribution in [2.24, 2.45) is 5.73 Å². The van der Waals surface area contributed by atoms with Crippen molar-refractivity contribution in [3.05, 3.63) is 28.8 Å². The zero-order chi connectivity index (χ0) is 18.2. The Labute approximate surface area is 126 Å². The van der Waals surface area contributed by atoms with Crippen molar-refractivity contribution < 1.29 is 41.0 Å².